The molecule has 126 valence electrons. The molecule has 0 radical (unpaired) electrons. The maximum absolute atomic E-state index is 13.8. The van der Waals surface area contributed by atoms with E-state index in [2.05, 4.69) is 19.8 Å². The molecule has 2 aromatic heterocycles. The number of aromatic nitrogens is 2. The van der Waals surface area contributed by atoms with Gasteiger partial charge in [-0.1, -0.05) is 0 Å². The normalized spacial score (nSPS) is 24.0. The van der Waals surface area contributed by atoms with Gasteiger partial charge in [-0.15, -0.1) is 0 Å². The van der Waals surface area contributed by atoms with Crippen LogP contribution in [0.3, 0.4) is 0 Å². The fourth-order valence-electron chi connectivity index (χ4n) is 3.64. The van der Waals surface area contributed by atoms with Crippen molar-refractivity contribution in [2.45, 2.75) is 31.6 Å². The Morgan fingerprint density at radius 2 is 1.75 bits per heavy atom. The van der Waals surface area contributed by atoms with Gasteiger partial charge in [0.25, 0.3) is 0 Å². The molecule has 2 unspecified atom stereocenters. The van der Waals surface area contributed by atoms with Gasteiger partial charge in [-0.05, 0) is 18.6 Å². The van der Waals surface area contributed by atoms with Crippen LogP contribution in [0.25, 0.3) is 0 Å². The molecule has 0 aromatic carbocycles. The molecule has 3 fully saturated rings. The van der Waals surface area contributed by atoms with E-state index >= 15 is 0 Å². The Morgan fingerprint density at radius 3 is 2.46 bits per heavy atom. The molecule has 7 heteroatoms. The first-order valence-electron chi connectivity index (χ1n) is 7.97. The van der Waals surface area contributed by atoms with Gasteiger partial charge in [0.05, 0.1) is 17.6 Å². The number of pyridine rings is 2. The number of nitrogens with zero attached hydrogens (tertiary/aromatic N) is 4. The molecular formula is C17H17F3N4. The quantitative estimate of drug-likeness (QED) is 0.859. The fraction of sp³-hybridized carbons (Fsp3) is 0.412. The minimum absolute atomic E-state index is 0.273. The Labute approximate surface area is 137 Å². The standard InChI is InChI=1S/C17H17F3N4/c18-11-4-15(20)17(22-6-11)10-24-12-5-13(24)8-23(7-12)9-16-14(19)2-1-3-21-16/h1-4,6,12-13H,5,7-10H2. The van der Waals surface area contributed by atoms with Crippen LogP contribution >= 0.6 is 0 Å². The highest BCUT2D eigenvalue weighted by atomic mass is 19.1. The van der Waals surface area contributed by atoms with E-state index in [0.717, 1.165) is 31.8 Å². The van der Waals surface area contributed by atoms with Gasteiger partial charge in [0, 0.05) is 50.5 Å². The Morgan fingerprint density at radius 1 is 1.00 bits per heavy atom. The molecule has 0 N–H and O–H groups in total. The summed E-state index contributed by atoms with van der Waals surface area (Å²) in [5.41, 5.74) is 0.729. The Bertz CT molecular complexity index is 742. The molecule has 0 saturated carbocycles. The summed E-state index contributed by atoms with van der Waals surface area (Å²) in [6.07, 6.45) is 3.69. The van der Waals surface area contributed by atoms with Gasteiger partial charge in [0.2, 0.25) is 0 Å². The summed E-state index contributed by atoms with van der Waals surface area (Å²) in [5, 5.41) is 0. The van der Waals surface area contributed by atoms with Gasteiger partial charge in [-0.2, -0.15) is 0 Å². The van der Waals surface area contributed by atoms with Crippen molar-refractivity contribution in [3.8, 4) is 0 Å². The van der Waals surface area contributed by atoms with Crippen molar-refractivity contribution in [1.82, 2.24) is 19.8 Å². The third-order valence-corrected chi connectivity index (χ3v) is 4.84. The van der Waals surface area contributed by atoms with Crippen LogP contribution in [0.15, 0.2) is 30.6 Å². The van der Waals surface area contributed by atoms with Crippen molar-refractivity contribution in [3.63, 3.8) is 0 Å². The maximum Gasteiger partial charge on any atom is 0.148 e. The zero-order valence-electron chi connectivity index (χ0n) is 13.0. The molecule has 2 atom stereocenters. The second-order valence-electron chi connectivity index (χ2n) is 6.42. The van der Waals surface area contributed by atoms with Crippen LogP contribution in [0, 0.1) is 17.5 Å². The molecule has 0 amide bonds. The molecule has 3 aliphatic rings. The SMILES string of the molecule is Fc1cnc(CN2C3CC2CN(Cc2ncccc2F)C3)c(F)c1. The molecule has 3 saturated heterocycles. The van der Waals surface area contributed by atoms with Crippen LogP contribution in [0.4, 0.5) is 13.2 Å². The molecule has 24 heavy (non-hydrogen) atoms. The lowest BCUT2D eigenvalue weighted by Crippen LogP contribution is -2.67. The van der Waals surface area contributed by atoms with Crippen LogP contribution in [0.2, 0.25) is 0 Å². The van der Waals surface area contributed by atoms with Crippen molar-refractivity contribution in [2.24, 2.45) is 0 Å². The van der Waals surface area contributed by atoms with Crippen molar-refractivity contribution < 1.29 is 13.2 Å². The lowest BCUT2D eigenvalue weighted by Gasteiger charge is -2.56. The molecule has 0 spiro atoms. The first-order chi connectivity index (χ1) is 11.6. The molecule has 2 bridgehead atoms. The van der Waals surface area contributed by atoms with Crippen molar-refractivity contribution >= 4 is 0 Å². The molecular weight excluding hydrogens is 317 g/mol. The van der Waals surface area contributed by atoms with Crippen molar-refractivity contribution in [2.75, 3.05) is 13.1 Å². The number of halogens is 3. The summed E-state index contributed by atoms with van der Waals surface area (Å²) in [7, 11) is 0. The van der Waals surface area contributed by atoms with E-state index in [1.807, 2.05) is 0 Å². The number of fused-ring (bicyclic) bond motifs is 2. The van der Waals surface area contributed by atoms with E-state index in [1.54, 1.807) is 12.3 Å². The lowest BCUT2D eigenvalue weighted by molar-refractivity contribution is -0.0791. The molecule has 0 aliphatic carbocycles. The summed E-state index contributed by atoms with van der Waals surface area (Å²) < 4.78 is 40.4. The van der Waals surface area contributed by atoms with Crippen LogP contribution in [0.5, 0.6) is 0 Å². The average molecular weight is 334 g/mol. The highest BCUT2D eigenvalue weighted by molar-refractivity contribution is 5.12. The summed E-state index contributed by atoms with van der Waals surface area (Å²) in [6, 6.07) is 4.46. The van der Waals surface area contributed by atoms with Gasteiger partial charge >= 0.3 is 0 Å². The smallest absolute Gasteiger partial charge is 0.148 e. The van der Waals surface area contributed by atoms with Gasteiger partial charge < -0.3 is 0 Å². The van der Waals surface area contributed by atoms with Gasteiger partial charge in [-0.3, -0.25) is 19.8 Å². The first-order valence-corrected chi connectivity index (χ1v) is 7.97. The number of hydrogen-bond donors (Lipinski definition) is 0. The Kier molecular flexibility index (Phi) is 3.97. The summed E-state index contributed by atoms with van der Waals surface area (Å²) in [4.78, 5) is 12.3. The topological polar surface area (TPSA) is 32.3 Å². The van der Waals surface area contributed by atoms with Crippen LogP contribution < -0.4 is 0 Å². The minimum Gasteiger partial charge on any atom is -0.294 e. The third-order valence-electron chi connectivity index (χ3n) is 4.84. The molecule has 3 aliphatic heterocycles. The monoisotopic (exact) mass is 334 g/mol. The second-order valence-corrected chi connectivity index (χ2v) is 6.42. The van der Waals surface area contributed by atoms with Gasteiger partial charge in [0.15, 0.2) is 0 Å². The molecule has 4 nitrogen and oxygen atoms in total. The van der Waals surface area contributed by atoms with E-state index in [-0.39, 0.29) is 11.5 Å². The van der Waals surface area contributed by atoms with Gasteiger partial charge in [-0.25, -0.2) is 13.2 Å². The Hall–Kier alpha value is -1.99. The van der Waals surface area contributed by atoms with Crippen molar-refractivity contribution in [1.29, 1.82) is 0 Å². The molecule has 2 aromatic rings. The summed E-state index contributed by atoms with van der Waals surface area (Å²) >= 11 is 0. The molecule has 5 rings (SSSR count). The van der Waals surface area contributed by atoms with E-state index in [4.69, 9.17) is 0 Å². The van der Waals surface area contributed by atoms with Crippen LogP contribution in [-0.4, -0.2) is 44.9 Å². The number of piperidine rings is 1. The molecule has 5 heterocycles. The van der Waals surface area contributed by atoms with Crippen LogP contribution in [0.1, 0.15) is 17.8 Å². The first kappa shape index (κ1) is 15.5. The number of rotatable bonds is 4. The maximum atomic E-state index is 13.8. The average Bonchev–Trinajstić information content (AvgIpc) is 2.56. The van der Waals surface area contributed by atoms with E-state index in [9.17, 15) is 13.2 Å². The van der Waals surface area contributed by atoms with Gasteiger partial charge in [0.1, 0.15) is 17.5 Å². The predicted octanol–water partition coefficient (Wildman–Crippen LogP) is 2.35. The highest BCUT2D eigenvalue weighted by Crippen LogP contribution is 2.34. The van der Waals surface area contributed by atoms with E-state index in [1.165, 1.54) is 6.07 Å². The zero-order valence-corrected chi connectivity index (χ0v) is 13.0. The predicted molar refractivity (Wildman–Crippen MR) is 81.4 cm³/mol. The Balaban J connectivity index is 1.39. The largest absolute Gasteiger partial charge is 0.294 e. The van der Waals surface area contributed by atoms with E-state index < -0.39 is 11.6 Å². The summed E-state index contributed by atoms with van der Waals surface area (Å²) in [6.45, 7) is 2.44. The van der Waals surface area contributed by atoms with E-state index in [0.29, 0.717) is 30.9 Å². The number of piperazine rings is 1. The van der Waals surface area contributed by atoms with Crippen molar-refractivity contribution in [3.05, 3.63) is 59.4 Å². The zero-order chi connectivity index (χ0) is 16.7. The third kappa shape index (κ3) is 2.89. The lowest BCUT2D eigenvalue weighted by atomic mass is 9.87. The minimum atomic E-state index is -0.663. The highest BCUT2D eigenvalue weighted by Gasteiger charge is 2.44. The number of hydrogen-bond acceptors (Lipinski definition) is 4. The fourth-order valence-corrected chi connectivity index (χ4v) is 3.64. The van der Waals surface area contributed by atoms with Crippen LogP contribution in [-0.2, 0) is 13.1 Å². The summed E-state index contributed by atoms with van der Waals surface area (Å²) in [5.74, 6) is -1.55. The second kappa shape index (κ2) is 6.14.